The lowest BCUT2D eigenvalue weighted by Crippen LogP contribution is -2.32. The molecule has 1 rings (SSSR count). The second-order valence-corrected chi connectivity index (χ2v) is 5.23. The number of hydrogen-bond donors (Lipinski definition) is 1. The first kappa shape index (κ1) is 17.0. The summed E-state index contributed by atoms with van der Waals surface area (Å²) in [6.07, 6.45) is 2.39. The molecule has 3 heteroatoms. The second kappa shape index (κ2) is 8.28. The molecule has 1 aromatic carbocycles. The van der Waals surface area contributed by atoms with Crippen LogP contribution < -0.4 is 10.1 Å². The lowest BCUT2D eigenvalue weighted by atomic mass is 9.92. The molecule has 20 heavy (non-hydrogen) atoms. The molecule has 1 N–H and O–H groups in total. The van der Waals surface area contributed by atoms with Crippen LogP contribution in [0.3, 0.4) is 0 Å². The van der Waals surface area contributed by atoms with Gasteiger partial charge in [-0.3, -0.25) is 0 Å². The Hall–Kier alpha value is -1.06. The molecule has 0 bridgehead atoms. The molecule has 0 saturated carbocycles. The van der Waals surface area contributed by atoms with Gasteiger partial charge < -0.3 is 14.8 Å². The minimum atomic E-state index is 0.210. The Morgan fingerprint density at radius 2 is 1.85 bits per heavy atom. The van der Waals surface area contributed by atoms with Gasteiger partial charge >= 0.3 is 0 Å². The van der Waals surface area contributed by atoms with Crippen LogP contribution in [0.25, 0.3) is 0 Å². The van der Waals surface area contributed by atoms with Gasteiger partial charge in [0.25, 0.3) is 0 Å². The summed E-state index contributed by atoms with van der Waals surface area (Å²) in [6.45, 7) is 9.23. The van der Waals surface area contributed by atoms with Crippen molar-refractivity contribution in [3.05, 3.63) is 28.8 Å². The number of aryl methyl sites for hydroxylation is 2. The fraction of sp³-hybridized carbons (Fsp3) is 0.647. The van der Waals surface area contributed by atoms with E-state index in [-0.39, 0.29) is 12.1 Å². The van der Waals surface area contributed by atoms with Gasteiger partial charge in [0, 0.05) is 6.61 Å². The summed E-state index contributed by atoms with van der Waals surface area (Å²) in [5.41, 5.74) is 3.71. The average molecular weight is 279 g/mol. The first-order valence-corrected chi connectivity index (χ1v) is 7.52. The molecule has 0 heterocycles. The van der Waals surface area contributed by atoms with Crippen LogP contribution in [-0.2, 0) is 4.74 Å². The van der Waals surface area contributed by atoms with Gasteiger partial charge in [-0.2, -0.15) is 0 Å². The molecule has 2 unspecified atom stereocenters. The summed E-state index contributed by atoms with van der Waals surface area (Å²) in [5, 5.41) is 3.43. The Labute approximate surface area is 123 Å². The van der Waals surface area contributed by atoms with Gasteiger partial charge in [-0.15, -0.1) is 0 Å². The summed E-state index contributed by atoms with van der Waals surface area (Å²) >= 11 is 0. The standard InChI is InChI=1S/C17H29NO2/c1-7-9-15(20-8-2)17(18-5)14-10-13(4)16(19-6)11-12(14)3/h10-11,15,17-18H,7-9H2,1-6H3. The average Bonchev–Trinajstić information content (AvgIpc) is 2.43. The van der Waals surface area contributed by atoms with Gasteiger partial charge in [0.2, 0.25) is 0 Å². The predicted octanol–water partition coefficient (Wildman–Crippen LogP) is 3.78. The molecule has 0 aliphatic carbocycles. The first-order valence-electron chi connectivity index (χ1n) is 7.52. The maximum Gasteiger partial charge on any atom is 0.122 e. The summed E-state index contributed by atoms with van der Waals surface area (Å²) in [4.78, 5) is 0. The Bertz CT molecular complexity index is 412. The van der Waals surface area contributed by atoms with Gasteiger partial charge in [-0.25, -0.2) is 0 Å². The second-order valence-electron chi connectivity index (χ2n) is 5.23. The van der Waals surface area contributed by atoms with Crippen molar-refractivity contribution in [1.29, 1.82) is 0 Å². The van der Waals surface area contributed by atoms with Gasteiger partial charge in [-0.05, 0) is 57.0 Å². The molecule has 0 amide bonds. The molecule has 0 aromatic heterocycles. The Morgan fingerprint density at radius 1 is 1.15 bits per heavy atom. The molecular weight excluding hydrogens is 250 g/mol. The normalized spacial score (nSPS) is 14.1. The van der Waals surface area contributed by atoms with E-state index in [1.54, 1.807) is 7.11 Å². The van der Waals surface area contributed by atoms with Crippen molar-refractivity contribution in [2.75, 3.05) is 20.8 Å². The third kappa shape index (κ3) is 3.97. The molecule has 114 valence electrons. The number of likely N-dealkylation sites (N-methyl/N-ethyl adjacent to an activating group) is 1. The highest BCUT2D eigenvalue weighted by atomic mass is 16.5. The highest BCUT2D eigenvalue weighted by molar-refractivity contribution is 5.43. The zero-order chi connectivity index (χ0) is 15.1. The zero-order valence-corrected chi connectivity index (χ0v) is 13.7. The molecule has 1 aromatic rings. The summed E-state index contributed by atoms with van der Waals surface area (Å²) < 4.78 is 11.3. The monoisotopic (exact) mass is 279 g/mol. The van der Waals surface area contributed by atoms with Crippen molar-refractivity contribution in [1.82, 2.24) is 5.32 Å². The van der Waals surface area contributed by atoms with E-state index in [2.05, 4.69) is 45.1 Å². The topological polar surface area (TPSA) is 30.5 Å². The molecular formula is C17H29NO2. The summed E-state index contributed by atoms with van der Waals surface area (Å²) in [5.74, 6) is 0.949. The van der Waals surface area contributed by atoms with Crippen molar-refractivity contribution < 1.29 is 9.47 Å². The number of rotatable bonds is 8. The van der Waals surface area contributed by atoms with Gasteiger partial charge in [0.1, 0.15) is 5.75 Å². The molecule has 0 fully saturated rings. The summed E-state index contributed by atoms with van der Waals surface area (Å²) in [6, 6.07) is 4.56. The summed E-state index contributed by atoms with van der Waals surface area (Å²) in [7, 11) is 3.72. The van der Waals surface area contributed by atoms with Crippen molar-refractivity contribution in [3.8, 4) is 5.75 Å². The van der Waals surface area contributed by atoms with E-state index in [0.29, 0.717) is 0 Å². The lowest BCUT2D eigenvalue weighted by Gasteiger charge is -2.29. The minimum absolute atomic E-state index is 0.210. The van der Waals surface area contributed by atoms with Crippen LogP contribution in [-0.4, -0.2) is 26.9 Å². The first-order chi connectivity index (χ1) is 9.58. The quantitative estimate of drug-likeness (QED) is 0.785. The van der Waals surface area contributed by atoms with Gasteiger partial charge in [0.15, 0.2) is 0 Å². The molecule has 0 saturated heterocycles. The number of methoxy groups -OCH3 is 1. The number of benzene rings is 1. The van der Waals surface area contributed by atoms with Crippen LogP contribution in [0.15, 0.2) is 12.1 Å². The van der Waals surface area contributed by atoms with Crippen molar-refractivity contribution in [2.24, 2.45) is 0 Å². The zero-order valence-electron chi connectivity index (χ0n) is 13.7. The maximum atomic E-state index is 5.95. The van der Waals surface area contributed by atoms with Crippen molar-refractivity contribution >= 4 is 0 Å². The van der Waals surface area contributed by atoms with E-state index in [4.69, 9.17) is 9.47 Å². The van der Waals surface area contributed by atoms with E-state index in [1.807, 2.05) is 7.05 Å². The third-order valence-corrected chi connectivity index (χ3v) is 3.76. The van der Waals surface area contributed by atoms with E-state index in [1.165, 1.54) is 16.7 Å². The molecule has 2 atom stereocenters. The predicted molar refractivity (Wildman–Crippen MR) is 84.6 cm³/mol. The van der Waals surface area contributed by atoms with Crippen LogP contribution in [0.5, 0.6) is 5.75 Å². The molecule has 0 aliphatic heterocycles. The highest BCUT2D eigenvalue weighted by Crippen LogP contribution is 2.30. The molecule has 0 spiro atoms. The van der Waals surface area contributed by atoms with Crippen LogP contribution in [0, 0.1) is 13.8 Å². The van der Waals surface area contributed by atoms with Crippen molar-refractivity contribution in [2.45, 2.75) is 52.7 Å². The fourth-order valence-corrected chi connectivity index (χ4v) is 2.75. The highest BCUT2D eigenvalue weighted by Gasteiger charge is 2.23. The van der Waals surface area contributed by atoms with Gasteiger partial charge in [0.05, 0.1) is 19.3 Å². The maximum absolute atomic E-state index is 5.95. The molecule has 3 nitrogen and oxygen atoms in total. The lowest BCUT2D eigenvalue weighted by molar-refractivity contribution is 0.0294. The van der Waals surface area contributed by atoms with Crippen LogP contribution in [0.4, 0.5) is 0 Å². The third-order valence-electron chi connectivity index (χ3n) is 3.76. The molecule has 0 aliphatic rings. The Morgan fingerprint density at radius 3 is 2.35 bits per heavy atom. The van der Waals surface area contributed by atoms with Crippen LogP contribution >= 0.6 is 0 Å². The molecule has 0 radical (unpaired) electrons. The van der Waals surface area contributed by atoms with Crippen LogP contribution in [0.1, 0.15) is 49.4 Å². The van der Waals surface area contributed by atoms with E-state index >= 15 is 0 Å². The number of nitrogens with one attached hydrogen (secondary N) is 1. The van der Waals surface area contributed by atoms with E-state index in [0.717, 1.165) is 25.2 Å². The Balaban J connectivity index is 3.13. The number of ether oxygens (including phenoxy) is 2. The largest absolute Gasteiger partial charge is 0.496 e. The fourth-order valence-electron chi connectivity index (χ4n) is 2.75. The van der Waals surface area contributed by atoms with Crippen LogP contribution in [0.2, 0.25) is 0 Å². The smallest absolute Gasteiger partial charge is 0.122 e. The van der Waals surface area contributed by atoms with E-state index < -0.39 is 0 Å². The minimum Gasteiger partial charge on any atom is -0.496 e. The van der Waals surface area contributed by atoms with Crippen molar-refractivity contribution in [3.63, 3.8) is 0 Å². The van der Waals surface area contributed by atoms with E-state index in [9.17, 15) is 0 Å². The Kier molecular flexibility index (Phi) is 7.03. The SMILES string of the molecule is CCCC(OCC)C(NC)c1cc(C)c(OC)cc1C. The number of hydrogen-bond acceptors (Lipinski definition) is 3. The van der Waals surface area contributed by atoms with Gasteiger partial charge in [-0.1, -0.05) is 19.4 Å².